The lowest BCUT2D eigenvalue weighted by Crippen LogP contribution is -2.20. The summed E-state index contributed by atoms with van der Waals surface area (Å²) < 4.78 is 47.6. The van der Waals surface area contributed by atoms with Crippen molar-refractivity contribution in [2.24, 2.45) is 11.5 Å². The molecule has 1 heterocycles. The van der Waals surface area contributed by atoms with Crippen LogP contribution in [0, 0.1) is 22.5 Å². The molecule has 0 amide bonds. The summed E-state index contributed by atoms with van der Waals surface area (Å²) in [5.41, 5.74) is 11.0. The molecule has 0 saturated carbocycles. The Kier molecular flexibility index (Phi) is 8.05. The fourth-order valence-electron chi connectivity index (χ4n) is 3.30. The maximum absolute atomic E-state index is 15.6. The summed E-state index contributed by atoms with van der Waals surface area (Å²) in [6.07, 6.45) is 0. The van der Waals surface area contributed by atoms with Gasteiger partial charge in [-0.15, -0.1) is 0 Å². The highest BCUT2D eigenvalue weighted by molar-refractivity contribution is 6.32. The van der Waals surface area contributed by atoms with E-state index in [9.17, 15) is 9.90 Å². The number of hydrogen-bond acceptors (Lipinski definition) is 8. The molecule has 41 heavy (non-hydrogen) atoms. The molecule has 0 bridgehead atoms. The minimum absolute atomic E-state index is 0.0172. The number of amidine groups is 1. The standard InChI is InChI=1S/C26H19ClF2N6O6/c27-15-8-12(25(37)38)5-7-17(15)40-21-19(28)23(39-14-3-1-2-13(10-14)34-26(32)33)35-24(20(21)29)41-18-9-11(22(30)31)4-6-16(18)36/h1-10,36H,(H3,30,31)(H,37,38)(H4,32,33,34). The topological polar surface area (TPSA) is 210 Å². The minimum Gasteiger partial charge on any atom is -0.504 e. The Hall–Kier alpha value is -5.63. The molecule has 3 aromatic carbocycles. The molecule has 12 nitrogen and oxygen atoms in total. The van der Waals surface area contributed by atoms with Crippen molar-refractivity contribution in [1.82, 2.24) is 4.98 Å². The Balaban J connectivity index is 1.82. The number of carboxylic acid groups (broad SMARTS) is 1. The number of nitrogens with zero attached hydrogens (tertiary/aromatic N) is 1. The predicted molar refractivity (Wildman–Crippen MR) is 144 cm³/mol. The molecule has 4 aromatic rings. The lowest BCUT2D eigenvalue weighted by atomic mass is 10.2. The van der Waals surface area contributed by atoms with E-state index in [0.29, 0.717) is 5.69 Å². The van der Waals surface area contributed by atoms with Gasteiger partial charge in [0.15, 0.2) is 17.5 Å². The van der Waals surface area contributed by atoms with Crippen LogP contribution >= 0.6 is 11.6 Å². The molecule has 0 aliphatic rings. The second kappa shape index (κ2) is 11.6. The Labute approximate surface area is 234 Å². The number of rotatable bonds is 9. The van der Waals surface area contributed by atoms with Crippen LogP contribution in [0.2, 0.25) is 5.02 Å². The van der Waals surface area contributed by atoms with Gasteiger partial charge < -0.3 is 41.2 Å². The average molecular weight is 585 g/mol. The lowest BCUT2D eigenvalue weighted by molar-refractivity contribution is 0.0697. The van der Waals surface area contributed by atoms with Crippen molar-refractivity contribution >= 4 is 35.1 Å². The third-order valence-electron chi connectivity index (χ3n) is 5.17. The highest BCUT2D eigenvalue weighted by Gasteiger charge is 2.27. The SMILES string of the molecule is N=C(N)Nc1cccc(Oc2nc(Oc3cc(C(=N)N)ccc3O)c(F)c(Oc3ccc(C(=O)O)cc3Cl)c2F)c1. The average Bonchev–Trinajstić information content (AvgIpc) is 2.90. The molecule has 0 fully saturated rings. The third kappa shape index (κ3) is 6.51. The predicted octanol–water partition coefficient (Wildman–Crippen LogP) is 5.38. The number of pyridine rings is 1. The number of nitrogens with one attached hydrogen (secondary N) is 3. The number of phenols is 1. The number of anilines is 1. The molecule has 210 valence electrons. The summed E-state index contributed by atoms with van der Waals surface area (Å²) in [5.74, 6) is -9.00. The second-order valence-corrected chi connectivity index (χ2v) is 8.51. The molecule has 0 aliphatic carbocycles. The number of guanidine groups is 1. The molecule has 9 N–H and O–H groups in total. The highest BCUT2D eigenvalue weighted by atomic mass is 35.5. The molecule has 0 aliphatic heterocycles. The van der Waals surface area contributed by atoms with Gasteiger partial charge in [-0.2, -0.15) is 13.8 Å². The van der Waals surface area contributed by atoms with Crippen molar-refractivity contribution in [2.45, 2.75) is 0 Å². The molecular formula is C26H19ClF2N6O6. The van der Waals surface area contributed by atoms with Crippen LogP contribution in [-0.4, -0.2) is 33.0 Å². The summed E-state index contributed by atoms with van der Waals surface area (Å²) in [6, 6.07) is 12.6. The molecule has 0 radical (unpaired) electrons. The largest absolute Gasteiger partial charge is 0.504 e. The van der Waals surface area contributed by atoms with Crippen LogP contribution in [-0.2, 0) is 0 Å². The van der Waals surface area contributed by atoms with Crippen molar-refractivity contribution in [1.29, 1.82) is 10.8 Å². The normalized spacial score (nSPS) is 10.5. The first-order valence-corrected chi connectivity index (χ1v) is 11.6. The number of carboxylic acids is 1. The number of nitrogen functional groups attached to an aromatic ring is 1. The highest BCUT2D eigenvalue weighted by Crippen LogP contribution is 2.42. The van der Waals surface area contributed by atoms with Crippen LogP contribution in [0.3, 0.4) is 0 Å². The number of phenolic OH excluding ortho intramolecular Hbond substituents is 1. The molecule has 15 heteroatoms. The van der Waals surface area contributed by atoms with Gasteiger partial charge in [0.25, 0.3) is 11.8 Å². The van der Waals surface area contributed by atoms with Crippen molar-refractivity contribution in [2.75, 3.05) is 5.32 Å². The number of aromatic nitrogens is 1. The zero-order valence-electron chi connectivity index (χ0n) is 20.5. The van der Waals surface area contributed by atoms with E-state index in [1.165, 1.54) is 24.3 Å². The van der Waals surface area contributed by atoms with Crippen molar-refractivity contribution < 1.29 is 38.0 Å². The number of aromatic hydroxyl groups is 1. The number of carbonyl (C=O) groups is 1. The summed E-state index contributed by atoms with van der Waals surface area (Å²) in [4.78, 5) is 15.0. The Bertz CT molecular complexity index is 1700. The second-order valence-electron chi connectivity index (χ2n) is 8.10. The van der Waals surface area contributed by atoms with Gasteiger partial charge in [-0.3, -0.25) is 10.8 Å². The zero-order chi connectivity index (χ0) is 29.8. The van der Waals surface area contributed by atoms with E-state index in [1.807, 2.05) is 0 Å². The summed E-state index contributed by atoms with van der Waals surface area (Å²) in [7, 11) is 0. The Morgan fingerprint density at radius 1 is 0.902 bits per heavy atom. The number of benzene rings is 3. The first kappa shape index (κ1) is 28.4. The third-order valence-corrected chi connectivity index (χ3v) is 5.47. The van der Waals surface area contributed by atoms with Crippen LogP contribution in [0.1, 0.15) is 15.9 Å². The van der Waals surface area contributed by atoms with Crippen LogP contribution in [0.15, 0.2) is 60.7 Å². The van der Waals surface area contributed by atoms with Gasteiger partial charge in [0.2, 0.25) is 17.4 Å². The van der Waals surface area contributed by atoms with Gasteiger partial charge >= 0.3 is 5.97 Å². The molecule has 0 spiro atoms. The number of halogens is 3. The van der Waals surface area contributed by atoms with Gasteiger partial charge in [-0.1, -0.05) is 17.7 Å². The van der Waals surface area contributed by atoms with E-state index in [0.717, 1.165) is 30.3 Å². The van der Waals surface area contributed by atoms with E-state index in [4.69, 9.17) is 53.2 Å². The van der Waals surface area contributed by atoms with E-state index < -0.39 is 40.9 Å². The number of aromatic carboxylic acids is 1. The van der Waals surface area contributed by atoms with Crippen molar-refractivity contribution in [3.8, 4) is 40.5 Å². The van der Waals surface area contributed by atoms with E-state index in [1.54, 1.807) is 6.07 Å². The van der Waals surface area contributed by atoms with Crippen molar-refractivity contribution in [3.63, 3.8) is 0 Å². The minimum atomic E-state index is -1.48. The van der Waals surface area contributed by atoms with Gasteiger partial charge in [0.1, 0.15) is 17.3 Å². The molecule has 0 saturated heterocycles. The van der Waals surface area contributed by atoms with E-state index >= 15 is 8.78 Å². The molecule has 1 aromatic heterocycles. The number of ether oxygens (including phenoxy) is 3. The Morgan fingerprint density at radius 3 is 2.22 bits per heavy atom. The molecule has 0 unspecified atom stereocenters. The van der Waals surface area contributed by atoms with Crippen LogP contribution in [0.5, 0.6) is 40.5 Å². The maximum atomic E-state index is 15.6. The first-order chi connectivity index (χ1) is 19.4. The van der Waals surface area contributed by atoms with Gasteiger partial charge in [-0.05, 0) is 48.5 Å². The van der Waals surface area contributed by atoms with Gasteiger partial charge in [0.05, 0.1) is 10.6 Å². The fourth-order valence-corrected chi connectivity index (χ4v) is 3.52. The van der Waals surface area contributed by atoms with Gasteiger partial charge in [-0.25, -0.2) is 4.79 Å². The fraction of sp³-hybridized carbons (Fsp3) is 0. The summed E-state index contributed by atoms with van der Waals surface area (Å²) in [6.45, 7) is 0. The smallest absolute Gasteiger partial charge is 0.335 e. The van der Waals surface area contributed by atoms with E-state index in [2.05, 4.69) is 10.3 Å². The van der Waals surface area contributed by atoms with Gasteiger partial charge in [0, 0.05) is 17.3 Å². The molecular weight excluding hydrogens is 566 g/mol. The number of nitrogens with two attached hydrogens (primary N) is 2. The first-order valence-electron chi connectivity index (χ1n) is 11.3. The van der Waals surface area contributed by atoms with Crippen molar-refractivity contribution in [3.05, 3.63) is 88.4 Å². The quantitative estimate of drug-likeness (QED) is 0.0985. The summed E-state index contributed by atoms with van der Waals surface area (Å²) in [5, 5.41) is 36.6. The number of hydrogen-bond donors (Lipinski definition) is 7. The van der Waals surface area contributed by atoms with Crippen LogP contribution < -0.4 is 31.0 Å². The summed E-state index contributed by atoms with van der Waals surface area (Å²) >= 11 is 6.08. The van der Waals surface area contributed by atoms with E-state index in [-0.39, 0.29) is 45.2 Å². The lowest BCUT2D eigenvalue weighted by Gasteiger charge is -2.16. The maximum Gasteiger partial charge on any atom is 0.335 e. The van der Waals surface area contributed by atoms with Crippen LogP contribution in [0.25, 0.3) is 0 Å². The zero-order valence-corrected chi connectivity index (χ0v) is 21.3. The van der Waals surface area contributed by atoms with Crippen LogP contribution in [0.4, 0.5) is 14.5 Å². The molecule has 4 rings (SSSR count). The Morgan fingerprint density at radius 2 is 1.59 bits per heavy atom. The molecule has 0 atom stereocenters. The monoisotopic (exact) mass is 584 g/mol.